The molecule has 0 spiro atoms. The maximum absolute atomic E-state index is 11.7. The maximum Gasteiger partial charge on any atom is 0.276 e. The molecule has 0 aliphatic rings. The third-order valence-electron chi connectivity index (χ3n) is 3.56. The molecule has 0 aliphatic carbocycles. The molecule has 0 fully saturated rings. The smallest absolute Gasteiger partial charge is 0.276 e. The molecule has 136 valence electrons. The van der Waals surface area contributed by atoms with Crippen LogP contribution in [0.25, 0.3) is 6.08 Å². The van der Waals surface area contributed by atoms with Crippen LogP contribution in [0.1, 0.15) is 30.9 Å². The van der Waals surface area contributed by atoms with Crippen molar-refractivity contribution in [3.05, 3.63) is 70.8 Å². The summed E-state index contributed by atoms with van der Waals surface area (Å²) in [4.78, 5) is 23.4. The number of benzene rings is 2. The maximum atomic E-state index is 11.7. The molecule has 0 atom stereocenters. The summed E-state index contributed by atoms with van der Waals surface area (Å²) in [6.45, 7) is 4.01. The molecule has 6 heteroatoms. The van der Waals surface area contributed by atoms with Crippen molar-refractivity contribution in [1.29, 1.82) is 0 Å². The molecule has 0 unspecified atom stereocenters. The summed E-state index contributed by atoms with van der Waals surface area (Å²) in [7, 11) is 0. The number of hydrogen-bond donors (Lipinski definition) is 2. The van der Waals surface area contributed by atoms with Gasteiger partial charge in [-0.1, -0.05) is 55.8 Å². The second kappa shape index (κ2) is 9.63. The summed E-state index contributed by atoms with van der Waals surface area (Å²) in [6.07, 6.45) is 2.85. The van der Waals surface area contributed by atoms with E-state index in [0.29, 0.717) is 22.3 Å². The number of halogens is 1. The highest BCUT2D eigenvalue weighted by Crippen LogP contribution is 2.18. The van der Waals surface area contributed by atoms with Gasteiger partial charge in [-0.25, -0.2) is 0 Å². The van der Waals surface area contributed by atoms with Crippen LogP contribution in [0, 0.1) is 0 Å². The predicted octanol–water partition coefficient (Wildman–Crippen LogP) is 3.70. The van der Waals surface area contributed by atoms with Gasteiger partial charge in [0.1, 0.15) is 5.75 Å². The van der Waals surface area contributed by atoms with Crippen LogP contribution in [0.5, 0.6) is 5.75 Å². The Bertz CT molecular complexity index is 786. The zero-order valence-electron chi connectivity index (χ0n) is 14.7. The van der Waals surface area contributed by atoms with Crippen molar-refractivity contribution in [2.45, 2.75) is 19.8 Å². The van der Waals surface area contributed by atoms with Crippen LogP contribution in [0.3, 0.4) is 0 Å². The van der Waals surface area contributed by atoms with E-state index in [9.17, 15) is 9.59 Å². The lowest BCUT2D eigenvalue weighted by atomic mass is 10.0. The Morgan fingerprint density at radius 2 is 1.77 bits per heavy atom. The Morgan fingerprint density at radius 3 is 2.42 bits per heavy atom. The molecule has 26 heavy (non-hydrogen) atoms. The number of rotatable bonds is 6. The first kappa shape index (κ1) is 19.5. The highest BCUT2D eigenvalue weighted by atomic mass is 35.5. The van der Waals surface area contributed by atoms with Gasteiger partial charge >= 0.3 is 0 Å². The van der Waals surface area contributed by atoms with Crippen LogP contribution in [0.2, 0.25) is 5.02 Å². The van der Waals surface area contributed by atoms with Crippen molar-refractivity contribution in [3.63, 3.8) is 0 Å². The minimum Gasteiger partial charge on any atom is -0.484 e. The van der Waals surface area contributed by atoms with Gasteiger partial charge in [-0.05, 0) is 41.3 Å². The summed E-state index contributed by atoms with van der Waals surface area (Å²) in [5.41, 5.74) is 6.48. The van der Waals surface area contributed by atoms with Gasteiger partial charge in [0.05, 0.1) is 0 Å². The van der Waals surface area contributed by atoms with Crippen LogP contribution >= 0.6 is 11.6 Å². The first-order valence-electron chi connectivity index (χ1n) is 8.20. The number of carbonyl (C=O) groups excluding carboxylic acids is 2. The van der Waals surface area contributed by atoms with Crippen LogP contribution in [-0.2, 0) is 9.59 Å². The second-order valence-corrected chi connectivity index (χ2v) is 6.31. The van der Waals surface area contributed by atoms with Crippen LogP contribution in [0.4, 0.5) is 0 Å². The van der Waals surface area contributed by atoms with Crippen molar-refractivity contribution in [2.24, 2.45) is 0 Å². The van der Waals surface area contributed by atoms with E-state index in [1.165, 1.54) is 11.6 Å². The third-order valence-corrected chi connectivity index (χ3v) is 3.91. The first-order chi connectivity index (χ1) is 12.5. The van der Waals surface area contributed by atoms with E-state index >= 15 is 0 Å². The first-order valence-corrected chi connectivity index (χ1v) is 8.57. The normalized spacial score (nSPS) is 10.8. The van der Waals surface area contributed by atoms with E-state index < -0.39 is 11.8 Å². The predicted molar refractivity (Wildman–Crippen MR) is 103 cm³/mol. The molecule has 5 nitrogen and oxygen atoms in total. The standard InChI is InChI=1S/C20H21ClN2O3/c1-14(2)15-7-10-17(11-8-15)26-13-20(25)23-22-19(24)12-9-16-5-3-4-6-18(16)21/h3-12,14H,13H2,1-2H3,(H,22,24)(H,23,25). The molecular weight excluding hydrogens is 352 g/mol. The van der Waals surface area contributed by atoms with Gasteiger partial charge in [0.2, 0.25) is 0 Å². The number of hydrazine groups is 1. The minimum atomic E-state index is -0.473. The number of ether oxygens (including phenoxy) is 1. The number of nitrogens with one attached hydrogen (secondary N) is 2. The third kappa shape index (κ3) is 6.26. The summed E-state index contributed by atoms with van der Waals surface area (Å²) >= 11 is 5.99. The van der Waals surface area contributed by atoms with Crippen LogP contribution in [0.15, 0.2) is 54.6 Å². The van der Waals surface area contributed by atoms with E-state index in [-0.39, 0.29) is 6.61 Å². The van der Waals surface area contributed by atoms with Crippen molar-refractivity contribution >= 4 is 29.5 Å². The number of carbonyl (C=O) groups is 2. The fourth-order valence-electron chi connectivity index (χ4n) is 2.08. The Hall–Kier alpha value is -2.79. The Balaban J connectivity index is 1.74. The topological polar surface area (TPSA) is 67.4 Å². The molecule has 2 amide bonds. The Labute approximate surface area is 158 Å². The van der Waals surface area contributed by atoms with Gasteiger partial charge in [0, 0.05) is 11.1 Å². The fourth-order valence-corrected chi connectivity index (χ4v) is 2.28. The summed E-state index contributed by atoms with van der Waals surface area (Å²) in [5.74, 6) is 0.0906. The summed E-state index contributed by atoms with van der Waals surface area (Å²) in [5, 5.41) is 0.539. The van der Waals surface area contributed by atoms with Gasteiger partial charge < -0.3 is 4.74 Å². The molecule has 2 N–H and O–H groups in total. The Morgan fingerprint density at radius 1 is 1.08 bits per heavy atom. The zero-order chi connectivity index (χ0) is 18.9. The molecule has 2 aromatic rings. The van der Waals surface area contributed by atoms with Crippen molar-refractivity contribution in [3.8, 4) is 5.75 Å². The molecule has 0 radical (unpaired) electrons. The molecule has 0 aliphatic heterocycles. The highest BCUT2D eigenvalue weighted by molar-refractivity contribution is 6.32. The van der Waals surface area contributed by atoms with Gasteiger partial charge in [-0.2, -0.15) is 0 Å². The quantitative estimate of drug-likeness (QED) is 0.600. The van der Waals surface area contributed by atoms with E-state index in [4.69, 9.17) is 16.3 Å². The summed E-state index contributed by atoms with van der Waals surface area (Å²) < 4.78 is 5.38. The molecule has 0 aromatic heterocycles. The van der Waals surface area contributed by atoms with Crippen molar-refractivity contribution in [2.75, 3.05) is 6.61 Å². The molecule has 0 bridgehead atoms. The van der Waals surface area contributed by atoms with Gasteiger partial charge in [0.25, 0.3) is 11.8 Å². The lowest BCUT2D eigenvalue weighted by Gasteiger charge is -2.09. The zero-order valence-corrected chi connectivity index (χ0v) is 15.4. The molecule has 0 saturated heterocycles. The van der Waals surface area contributed by atoms with Gasteiger partial charge in [0.15, 0.2) is 6.61 Å². The number of amides is 2. The largest absolute Gasteiger partial charge is 0.484 e. The Kier molecular flexibility index (Phi) is 7.24. The van der Waals surface area contributed by atoms with E-state index in [2.05, 4.69) is 24.7 Å². The fraction of sp³-hybridized carbons (Fsp3) is 0.200. The van der Waals surface area contributed by atoms with Crippen molar-refractivity contribution < 1.29 is 14.3 Å². The second-order valence-electron chi connectivity index (χ2n) is 5.90. The highest BCUT2D eigenvalue weighted by Gasteiger charge is 2.05. The molecule has 0 heterocycles. The molecule has 2 aromatic carbocycles. The van der Waals surface area contributed by atoms with E-state index in [1.54, 1.807) is 24.3 Å². The van der Waals surface area contributed by atoms with Crippen molar-refractivity contribution in [1.82, 2.24) is 10.9 Å². The monoisotopic (exact) mass is 372 g/mol. The van der Waals surface area contributed by atoms with Crippen LogP contribution in [-0.4, -0.2) is 18.4 Å². The SMILES string of the molecule is CC(C)c1ccc(OCC(=O)NNC(=O)C=Cc2ccccc2Cl)cc1. The average Bonchev–Trinajstić information content (AvgIpc) is 2.64. The lowest BCUT2D eigenvalue weighted by Crippen LogP contribution is -2.43. The van der Waals surface area contributed by atoms with E-state index in [0.717, 1.165) is 0 Å². The minimum absolute atomic E-state index is 0.199. The van der Waals surface area contributed by atoms with E-state index in [1.807, 2.05) is 30.3 Å². The molecule has 0 saturated carbocycles. The van der Waals surface area contributed by atoms with Crippen LogP contribution < -0.4 is 15.6 Å². The average molecular weight is 373 g/mol. The van der Waals surface area contributed by atoms with Gasteiger partial charge in [-0.3, -0.25) is 20.4 Å². The number of hydrogen-bond acceptors (Lipinski definition) is 3. The molecule has 2 rings (SSSR count). The molecular formula is C20H21ClN2O3. The summed E-state index contributed by atoms with van der Waals surface area (Å²) in [6, 6.07) is 14.7. The van der Waals surface area contributed by atoms with Gasteiger partial charge in [-0.15, -0.1) is 0 Å². The lowest BCUT2D eigenvalue weighted by molar-refractivity contribution is -0.128.